The van der Waals surface area contributed by atoms with E-state index in [0.29, 0.717) is 25.1 Å². The maximum atomic E-state index is 12.3. The molecular weight excluding hydrogens is 256 g/mol. The van der Waals surface area contributed by atoms with Crippen LogP contribution < -0.4 is 0 Å². The molecule has 0 aromatic carbocycles. The number of aromatic nitrogens is 3. The van der Waals surface area contributed by atoms with Gasteiger partial charge >= 0.3 is 0 Å². The molecule has 0 aliphatic rings. The third kappa shape index (κ3) is 3.21. The molecule has 2 rings (SSSR count). The van der Waals surface area contributed by atoms with Crippen LogP contribution in [-0.2, 0) is 0 Å². The molecule has 1 N–H and O–H groups in total. The van der Waals surface area contributed by atoms with Gasteiger partial charge in [0, 0.05) is 38.3 Å². The van der Waals surface area contributed by atoms with E-state index in [1.807, 2.05) is 6.92 Å². The molecule has 6 nitrogen and oxygen atoms in total. The lowest BCUT2D eigenvalue weighted by molar-refractivity contribution is 0.0754. The summed E-state index contributed by atoms with van der Waals surface area (Å²) in [6.07, 6.45) is 7.28. The normalized spacial score (nSPS) is 10.5. The van der Waals surface area contributed by atoms with Gasteiger partial charge in [-0.1, -0.05) is 0 Å². The summed E-state index contributed by atoms with van der Waals surface area (Å²) in [5.41, 5.74) is 0.550. The van der Waals surface area contributed by atoms with Gasteiger partial charge in [0.05, 0.1) is 5.56 Å². The summed E-state index contributed by atoms with van der Waals surface area (Å²) < 4.78 is 1.78. The predicted octanol–water partition coefficient (Wildman–Crippen LogP) is 1.11. The van der Waals surface area contributed by atoms with Crippen molar-refractivity contribution in [2.75, 3.05) is 19.7 Å². The zero-order chi connectivity index (χ0) is 14.4. The van der Waals surface area contributed by atoms with Crippen LogP contribution in [-0.4, -0.2) is 50.1 Å². The molecule has 106 valence electrons. The number of aliphatic hydroxyl groups is 1. The Hall–Kier alpha value is -2.21. The highest BCUT2D eigenvalue weighted by Gasteiger charge is 2.14. The van der Waals surface area contributed by atoms with E-state index >= 15 is 0 Å². The molecule has 0 fully saturated rings. The monoisotopic (exact) mass is 274 g/mol. The number of hydrogen-bond acceptors (Lipinski definition) is 4. The van der Waals surface area contributed by atoms with Crippen LogP contribution in [0.3, 0.4) is 0 Å². The van der Waals surface area contributed by atoms with E-state index in [0.717, 1.165) is 5.82 Å². The van der Waals surface area contributed by atoms with Gasteiger partial charge in [0.15, 0.2) is 0 Å². The summed E-state index contributed by atoms with van der Waals surface area (Å²) in [4.78, 5) is 22.2. The lowest BCUT2D eigenvalue weighted by Gasteiger charge is -2.20. The van der Waals surface area contributed by atoms with Gasteiger partial charge in [0.1, 0.15) is 12.1 Å². The highest BCUT2D eigenvalue weighted by Crippen LogP contribution is 2.08. The van der Waals surface area contributed by atoms with E-state index in [9.17, 15) is 4.79 Å². The molecule has 0 saturated heterocycles. The number of hydrogen-bond donors (Lipinski definition) is 1. The number of nitrogens with zero attached hydrogens (tertiary/aromatic N) is 4. The summed E-state index contributed by atoms with van der Waals surface area (Å²) in [6.45, 7) is 3.17. The van der Waals surface area contributed by atoms with Gasteiger partial charge in [-0.25, -0.2) is 9.97 Å². The number of pyridine rings is 1. The first-order valence-corrected chi connectivity index (χ1v) is 6.60. The first-order valence-electron chi connectivity index (χ1n) is 6.60. The summed E-state index contributed by atoms with van der Waals surface area (Å²) in [5.74, 6) is 0.656. The van der Waals surface area contributed by atoms with E-state index in [1.54, 1.807) is 46.5 Å². The zero-order valence-electron chi connectivity index (χ0n) is 11.4. The predicted molar refractivity (Wildman–Crippen MR) is 74.6 cm³/mol. The van der Waals surface area contributed by atoms with Crippen LogP contribution in [0, 0.1) is 0 Å². The summed E-state index contributed by atoms with van der Waals surface area (Å²) in [5, 5.41) is 8.85. The quantitative estimate of drug-likeness (QED) is 0.856. The second-order valence-electron chi connectivity index (χ2n) is 4.34. The van der Waals surface area contributed by atoms with E-state index in [1.165, 1.54) is 0 Å². The standard InChI is InChI=1S/C14H18N4O2/c1-2-17(7-3-9-19)14(20)12-4-5-13(16-10-12)18-8-6-15-11-18/h4-6,8,10-11,19H,2-3,7,9H2,1H3. The number of imidazole rings is 1. The average Bonchev–Trinajstić information content (AvgIpc) is 3.02. The lowest BCUT2D eigenvalue weighted by atomic mass is 10.2. The van der Waals surface area contributed by atoms with Crippen molar-refractivity contribution in [2.45, 2.75) is 13.3 Å². The first kappa shape index (κ1) is 14.2. The molecule has 6 heteroatoms. The average molecular weight is 274 g/mol. The maximum absolute atomic E-state index is 12.3. The maximum Gasteiger partial charge on any atom is 0.255 e. The van der Waals surface area contributed by atoms with Gasteiger partial charge in [-0.15, -0.1) is 0 Å². The third-order valence-electron chi connectivity index (χ3n) is 3.02. The smallest absolute Gasteiger partial charge is 0.255 e. The Labute approximate surface area is 117 Å². The molecule has 0 saturated carbocycles. The van der Waals surface area contributed by atoms with Gasteiger partial charge in [0.2, 0.25) is 0 Å². The molecule has 2 aromatic heterocycles. The highest BCUT2D eigenvalue weighted by atomic mass is 16.3. The van der Waals surface area contributed by atoms with Gasteiger partial charge < -0.3 is 10.0 Å². The van der Waals surface area contributed by atoms with Crippen LogP contribution in [0.5, 0.6) is 0 Å². The molecule has 0 aliphatic carbocycles. The Bertz CT molecular complexity index is 537. The Morgan fingerprint density at radius 2 is 2.30 bits per heavy atom. The Kier molecular flexibility index (Phi) is 4.84. The van der Waals surface area contributed by atoms with Gasteiger partial charge in [-0.05, 0) is 25.5 Å². The van der Waals surface area contributed by atoms with Crippen molar-refractivity contribution in [3.8, 4) is 5.82 Å². The number of amides is 1. The van der Waals surface area contributed by atoms with Gasteiger partial charge in [0.25, 0.3) is 5.91 Å². The minimum atomic E-state index is -0.0642. The van der Waals surface area contributed by atoms with Crippen molar-refractivity contribution in [3.05, 3.63) is 42.6 Å². The summed E-state index contributed by atoms with van der Waals surface area (Å²) in [6, 6.07) is 3.54. The molecule has 0 spiro atoms. The molecular formula is C14H18N4O2. The van der Waals surface area contributed by atoms with Crippen LogP contribution in [0.1, 0.15) is 23.7 Å². The van der Waals surface area contributed by atoms with Crippen molar-refractivity contribution in [1.82, 2.24) is 19.4 Å². The minimum Gasteiger partial charge on any atom is -0.396 e. The number of carbonyl (C=O) groups is 1. The van der Waals surface area contributed by atoms with Crippen molar-refractivity contribution >= 4 is 5.91 Å². The van der Waals surface area contributed by atoms with Crippen LogP contribution in [0.15, 0.2) is 37.1 Å². The van der Waals surface area contributed by atoms with Gasteiger partial charge in [-0.2, -0.15) is 0 Å². The summed E-state index contributed by atoms with van der Waals surface area (Å²) >= 11 is 0. The van der Waals surface area contributed by atoms with E-state index in [2.05, 4.69) is 9.97 Å². The molecule has 2 heterocycles. The zero-order valence-corrected chi connectivity index (χ0v) is 11.4. The second-order valence-corrected chi connectivity index (χ2v) is 4.34. The van der Waals surface area contributed by atoms with Crippen LogP contribution >= 0.6 is 0 Å². The molecule has 1 amide bonds. The largest absolute Gasteiger partial charge is 0.396 e. The molecule has 0 atom stereocenters. The number of aliphatic hydroxyl groups excluding tert-OH is 1. The van der Waals surface area contributed by atoms with E-state index < -0.39 is 0 Å². The fraction of sp³-hybridized carbons (Fsp3) is 0.357. The highest BCUT2D eigenvalue weighted by molar-refractivity contribution is 5.94. The molecule has 0 unspecified atom stereocenters. The Morgan fingerprint density at radius 3 is 2.85 bits per heavy atom. The lowest BCUT2D eigenvalue weighted by Crippen LogP contribution is -2.32. The van der Waals surface area contributed by atoms with Gasteiger partial charge in [-0.3, -0.25) is 9.36 Å². The van der Waals surface area contributed by atoms with E-state index in [4.69, 9.17) is 5.11 Å². The van der Waals surface area contributed by atoms with Crippen LogP contribution in [0.4, 0.5) is 0 Å². The number of carbonyl (C=O) groups excluding carboxylic acids is 1. The van der Waals surface area contributed by atoms with Crippen molar-refractivity contribution in [1.29, 1.82) is 0 Å². The van der Waals surface area contributed by atoms with Crippen molar-refractivity contribution < 1.29 is 9.90 Å². The molecule has 0 radical (unpaired) electrons. The first-order chi connectivity index (χ1) is 9.76. The van der Waals surface area contributed by atoms with Crippen LogP contribution in [0.25, 0.3) is 5.82 Å². The van der Waals surface area contributed by atoms with Crippen LogP contribution in [0.2, 0.25) is 0 Å². The summed E-state index contributed by atoms with van der Waals surface area (Å²) in [7, 11) is 0. The molecule has 0 bridgehead atoms. The molecule has 20 heavy (non-hydrogen) atoms. The molecule has 0 aliphatic heterocycles. The molecule has 2 aromatic rings. The van der Waals surface area contributed by atoms with E-state index in [-0.39, 0.29) is 12.5 Å². The SMILES string of the molecule is CCN(CCCO)C(=O)c1ccc(-n2ccnc2)nc1. The van der Waals surface area contributed by atoms with Crippen molar-refractivity contribution in [2.24, 2.45) is 0 Å². The fourth-order valence-electron chi connectivity index (χ4n) is 1.91. The Morgan fingerprint density at radius 1 is 1.45 bits per heavy atom. The second kappa shape index (κ2) is 6.81. The minimum absolute atomic E-state index is 0.0642. The fourth-order valence-corrected chi connectivity index (χ4v) is 1.91. The van der Waals surface area contributed by atoms with Crippen molar-refractivity contribution in [3.63, 3.8) is 0 Å². The Balaban J connectivity index is 2.10. The number of rotatable bonds is 6. The topological polar surface area (TPSA) is 71.2 Å². The third-order valence-corrected chi connectivity index (χ3v) is 3.02.